The normalized spacial score (nSPS) is 12.5. The van der Waals surface area contributed by atoms with E-state index in [1.54, 1.807) is 0 Å². The van der Waals surface area contributed by atoms with Crippen LogP contribution in [0, 0.1) is 0 Å². The molecule has 0 bridgehead atoms. The van der Waals surface area contributed by atoms with Crippen LogP contribution in [0.2, 0.25) is 0 Å². The quantitative estimate of drug-likeness (QED) is 0.400. The highest BCUT2D eigenvalue weighted by atomic mass is 16.7. The first-order valence-corrected chi connectivity index (χ1v) is 4.30. The SMILES string of the molecule is NNC(=O)C1=COCO1.c1ccccc1. The second-order valence-electron chi connectivity index (χ2n) is 2.54. The average Bonchev–Trinajstić information content (AvgIpc) is 2.85. The molecule has 0 spiro atoms. The van der Waals surface area contributed by atoms with Crippen LogP contribution in [-0.4, -0.2) is 12.7 Å². The van der Waals surface area contributed by atoms with Crippen LogP contribution in [0.15, 0.2) is 48.4 Å². The summed E-state index contributed by atoms with van der Waals surface area (Å²) in [7, 11) is 0. The van der Waals surface area contributed by atoms with Crippen molar-refractivity contribution in [2.45, 2.75) is 0 Å². The molecule has 2 rings (SSSR count). The highest BCUT2D eigenvalue weighted by Gasteiger charge is 2.13. The van der Waals surface area contributed by atoms with E-state index in [4.69, 9.17) is 5.84 Å². The van der Waals surface area contributed by atoms with Gasteiger partial charge in [-0.3, -0.25) is 10.2 Å². The van der Waals surface area contributed by atoms with Crippen molar-refractivity contribution >= 4 is 5.91 Å². The van der Waals surface area contributed by atoms with Gasteiger partial charge in [-0.2, -0.15) is 0 Å². The summed E-state index contributed by atoms with van der Waals surface area (Å²) in [5, 5.41) is 0. The minimum absolute atomic E-state index is 0.0861. The van der Waals surface area contributed by atoms with Gasteiger partial charge in [-0.15, -0.1) is 0 Å². The van der Waals surface area contributed by atoms with Gasteiger partial charge in [0, 0.05) is 0 Å². The fourth-order valence-electron chi connectivity index (χ4n) is 0.816. The summed E-state index contributed by atoms with van der Waals surface area (Å²) in [6, 6.07) is 12.0. The standard InChI is InChI=1S/C6H6.C4H6N2O3/c1-2-4-6-5-3-1;5-6-4(7)3-1-8-2-9-3/h1-6H;1H,2,5H2,(H,6,7). The minimum Gasteiger partial charge on any atom is -0.461 e. The lowest BCUT2D eigenvalue weighted by molar-refractivity contribution is -0.121. The Balaban J connectivity index is 0.000000162. The van der Waals surface area contributed by atoms with Crippen molar-refractivity contribution in [3.63, 3.8) is 0 Å². The second kappa shape index (κ2) is 6.44. The van der Waals surface area contributed by atoms with Crippen LogP contribution in [0.5, 0.6) is 0 Å². The van der Waals surface area contributed by atoms with Crippen molar-refractivity contribution in [3.05, 3.63) is 48.4 Å². The van der Waals surface area contributed by atoms with Crippen LogP contribution in [0.1, 0.15) is 0 Å². The molecule has 1 heterocycles. The Bertz CT molecular complexity index is 298. The summed E-state index contributed by atoms with van der Waals surface area (Å²) in [5.74, 6) is 4.41. The summed E-state index contributed by atoms with van der Waals surface area (Å²) in [6.45, 7) is 0.0861. The number of rotatable bonds is 1. The summed E-state index contributed by atoms with van der Waals surface area (Å²) < 4.78 is 9.23. The number of carbonyl (C=O) groups is 1. The first kappa shape index (κ1) is 11.1. The van der Waals surface area contributed by atoms with E-state index in [9.17, 15) is 4.79 Å². The first-order valence-electron chi connectivity index (χ1n) is 4.30. The van der Waals surface area contributed by atoms with Gasteiger partial charge in [0.2, 0.25) is 12.6 Å². The van der Waals surface area contributed by atoms with Crippen LogP contribution >= 0.6 is 0 Å². The number of hydrogen-bond donors (Lipinski definition) is 2. The van der Waals surface area contributed by atoms with Gasteiger partial charge in [0.1, 0.15) is 6.26 Å². The molecule has 0 radical (unpaired) electrons. The Hall–Kier alpha value is -2.01. The van der Waals surface area contributed by atoms with Gasteiger partial charge in [-0.05, 0) is 0 Å². The molecule has 1 amide bonds. The Kier molecular flexibility index (Phi) is 4.75. The molecule has 3 N–H and O–H groups in total. The van der Waals surface area contributed by atoms with Gasteiger partial charge in [0.15, 0.2) is 0 Å². The van der Waals surface area contributed by atoms with Crippen molar-refractivity contribution in [1.29, 1.82) is 0 Å². The van der Waals surface area contributed by atoms with E-state index in [1.165, 1.54) is 6.26 Å². The lowest BCUT2D eigenvalue weighted by atomic mass is 10.4. The molecule has 0 atom stereocenters. The Morgan fingerprint density at radius 1 is 1.20 bits per heavy atom. The zero-order valence-corrected chi connectivity index (χ0v) is 8.05. The van der Waals surface area contributed by atoms with E-state index < -0.39 is 5.91 Å². The van der Waals surface area contributed by atoms with E-state index in [2.05, 4.69) is 9.47 Å². The predicted molar refractivity (Wildman–Crippen MR) is 53.9 cm³/mol. The summed E-state index contributed by atoms with van der Waals surface area (Å²) >= 11 is 0. The van der Waals surface area contributed by atoms with Gasteiger partial charge < -0.3 is 9.47 Å². The largest absolute Gasteiger partial charge is 0.461 e. The number of hydrazine groups is 1. The molecule has 0 saturated carbocycles. The maximum absolute atomic E-state index is 10.5. The molecule has 1 aromatic rings. The van der Waals surface area contributed by atoms with Crippen LogP contribution in [-0.2, 0) is 14.3 Å². The van der Waals surface area contributed by atoms with Crippen LogP contribution < -0.4 is 11.3 Å². The summed E-state index contributed by atoms with van der Waals surface area (Å²) in [4.78, 5) is 10.5. The monoisotopic (exact) mass is 208 g/mol. The molecule has 0 aliphatic carbocycles. The number of benzene rings is 1. The molecular formula is C10H12N2O3. The molecular weight excluding hydrogens is 196 g/mol. The second-order valence-corrected chi connectivity index (χ2v) is 2.54. The van der Waals surface area contributed by atoms with Crippen molar-refractivity contribution in [2.75, 3.05) is 6.79 Å². The topological polar surface area (TPSA) is 73.6 Å². The third kappa shape index (κ3) is 4.15. The van der Waals surface area contributed by atoms with E-state index >= 15 is 0 Å². The number of nitrogens with one attached hydrogen (secondary N) is 1. The molecule has 0 aromatic heterocycles. The Labute approximate surface area is 87.5 Å². The molecule has 5 heteroatoms. The number of carbonyl (C=O) groups excluding carboxylic acids is 1. The van der Waals surface area contributed by atoms with Crippen LogP contribution in [0.4, 0.5) is 0 Å². The lowest BCUT2D eigenvalue weighted by Crippen LogP contribution is -2.31. The minimum atomic E-state index is -0.479. The third-order valence-corrected chi connectivity index (χ3v) is 1.49. The maximum atomic E-state index is 10.5. The van der Waals surface area contributed by atoms with E-state index in [0.717, 1.165) is 0 Å². The molecule has 0 fully saturated rings. The molecule has 1 aromatic carbocycles. The van der Waals surface area contributed by atoms with Gasteiger partial charge >= 0.3 is 5.91 Å². The van der Waals surface area contributed by atoms with Crippen molar-refractivity contribution < 1.29 is 14.3 Å². The maximum Gasteiger partial charge on any atom is 0.303 e. The number of amides is 1. The number of nitrogens with two attached hydrogens (primary N) is 1. The fourth-order valence-corrected chi connectivity index (χ4v) is 0.816. The molecule has 0 saturated heterocycles. The van der Waals surface area contributed by atoms with E-state index in [1.807, 2.05) is 41.8 Å². The van der Waals surface area contributed by atoms with Gasteiger partial charge in [0.05, 0.1) is 0 Å². The van der Waals surface area contributed by atoms with Crippen LogP contribution in [0.3, 0.4) is 0 Å². The highest BCUT2D eigenvalue weighted by Crippen LogP contribution is 2.04. The molecule has 1 aliphatic heterocycles. The van der Waals surface area contributed by atoms with Crippen LogP contribution in [0.25, 0.3) is 0 Å². The molecule has 80 valence electrons. The molecule has 1 aliphatic rings. The Morgan fingerprint density at radius 3 is 2.07 bits per heavy atom. The van der Waals surface area contributed by atoms with Gasteiger partial charge in [-0.1, -0.05) is 36.4 Å². The number of ether oxygens (including phenoxy) is 2. The average molecular weight is 208 g/mol. The molecule has 0 unspecified atom stereocenters. The molecule has 5 nitrogen and oxygen atoms in total. The van der Waals surface area contributed by atoms with Crippen molar-refractivity contribution in [1.82, 2.24) is 5.43 Å². The van der Waals surface area contributed by atoms with Crippen molar-refractivity contribution in [3.8, 4) is 0 Å². The lowest BCUT2D eigenvalue weighted by Gasteiger charge is -1.95. The predicted octanol–water partition coefficient (Wildman–Crippen LogP) is 0.509. The van der Waals surface area contributed by atoms with Gasteiger partial charge in [0.25, 0.3) is 0 Å². The summed E-state index contributed by atoms with van der Waals surface area (Å²) in [6.07, 6.45) is 1.21. The highest BCUT2D eigenvalue weighted by molar-refractivity contribution is 5.90. The smallest absolute Gasteiger partial charge is 0.303 e. The van der Waals surface area contributed by atoms with Crippen molar-refractivity contribution in [2.24, 2.45) is 5.84 Å². The third-order valence-electron chi connectivity index (χ3n) is 1.49. The zero-order valence-electron chi connectivity index (χ0n) is 8.05. The van der Waals surface area contributed by atoms with E-state index in [-0.39, 0.29) is 12.6 Å². The zero-order chi connectivity index (χ0) is 10.9. The van der Waals surface area contributed by atoms with E-state index in [0.29, 0.717) is 0 Å². The Morgan fingerprint density at radius 2 is 1.73 bits per heavy atom. The first-order chi connectivity index (χ1) is 7.34. The number of hydrogen-bond acceptors (Lipinski definition) is 4. The molecule has 15 heavy (non-hydrogen) atoms. The fraction of sp³-hybridized carbons (Fsp3) is 0.100. The van der Waals surface area contributed by atoms with Gasteiger partial charge in [-0.25, -0.2) is 5.84 Å². The summed E-state index contributed by atoms with van der Waals surface area (Å²) in [5.41, 5.74) is 1.89.